The van der Waals surface area contributed by atoms with Crippen molar-refractivity contribution in [1.82, 2.24) is 15.5 Å². The molecular formula is C25H25N5O2. The maximum Gasteiger partial charge on any atom is 0.272 e. The minimum absolute atomic E-state index is 0.0256. The molecule has 0 atom stereocenters. The number of carbonyl (C=O) groups is 1. The molecule has 0 aliphatic carbocycles. The zero-order valence-electron chi connectivity index (χ0n) is 17.6. The van der Waals surface area contributed by atoms with E-state index in [0.29, 0.717) is 36.4 Å². The van der Waals surface area contributed by atoms with E-state index in [0.717, 1.165) is 28.5 Å². The van der Waals surface area contributed by atoms with Crippen LogP contribution in [0.2, 0.25) is 0 Å². The lowest BCUT2D eigenvalue weighted by Crippen LogP contribution is -2.27. The molecule has 4 aromatic rings. The molecule has 0 unspecified atom stereocenters. The van der Waals surface area contributed by atoms with E-state index in [9.17, 15) is 9.59 Å². The van der Waals surface area contributed by atoms with Gasteiger partial charge in [-0.2, -0.15) is 5.10 Å². The van der Waals surface area contributed by atoms with Gasteiger partial charge in [0, 0.05) is 24.2 Å². The third-order valence-corrected chi connectivity index (χ3v) is 5.18. The number of nitrogens with zero attached hydrogens (tertiary/aromatic N) is 1. The summed E-state index contributed by atoms with van der Waals surface area (Å²) >= 11 is 0. The van der Waals surface area contributed by atoms with Gasteiger partial charge in [0.25, 0.3) is 5.56 Å². The van der Waals surface area contributed by atoms with Crippen LogP contribution in [-0.2, 0) is 11.2 Å². The number of hydrogen-bond acceptors (Lipinski definition) is 5. The molecule has 32 heavy (non-hydrogen) atoms. The van der Waals surface area contributed by atoms with Crippen LogP contribution in [0.25, 0.3) is 21.9 Å². The Labute approximate surface area is 185 Å². The van der Waals surface area contributed by atoms with Gasteiger partial charge in [-0.15, -0.1) is 0 Å². The van der Waals surface area contributed by atoms with Gasteiger partial charge in [-0.3, -0.25) is 9.59 Å². The van der Waals surface area contributed by atoms with Crippen molar-refractivity contribution in [2.45, 2.75) is 12.8 Å². The molecule has 0 aliphatic heterocycles. The lowest BCUT2D eigenvalue weighted by Gasteiger charge is -2.09. The van der Waals surface area contributed by atoms with Crippen molar-refractivity contribution >= 4 is 28.2 Å². The lowest BCUT2D eigenvalue weighted by atomic mass is 10.0. The van der Waals surface area contributed by atoms with E-state index in [2.05, 4.69) is 20.8 Å². The quantitative estimate of drug-likeness (QED) is 0.254. The minimum Gasteiger partial charge on any atom is -0.399 e. The summed E-state index contributed by atoms with van der Waals surface area (Å²) in [7, 11) is 0. The molecule has 4 rings (SSSR count). The second kappa shape index (κ2) is 9.78. The second-order valence-electron chi connectivity index (χ2n) is 7.58. The van der Waals surface area contributed by atoms with Crippen LogP contribution < -0.4 is 21.9 Å². The standard InChI is InChI=1S/C25H25N5O2/c26-20-9-4-8-19(16-20)18-7-3-6-17(14-18)15-23(31)27-12-5-13-28-24-21-10-1-2-11-22(21)25(32)30-29-24/h1-4,6-11,14,16H,5,12-13,15,26H2,(H,27,31)(H,28,29)(H,30,32). The predicted octanol–water partition coefficient (Wildman–Crippen LogP) is 3.33. The molecule has 0 aliphatic rings. The number of nitrogens with one attached hydrogen (secondary N) is 3. The zero-order valence-corrected chi connectivity index (χ0v) is 17.6. The lowest BCUT2D eigenvalue weighted by molar-refractivity contribution is -0.120. The molecule has 0 fully saturated rings. The van der Waals surface area contributed by atoms with E-state index >= 15 is 0 Å². The van der Waals surface area contributed by atoms with E-state index in [4.69, 9.17) is 5.73 Å². The Kier molecular flexibility index (Phi) is 6.46. The molecule has 0 saturated heterocycles. The molecule has 0 saturated carbocycles. The van der Waals surface area contributed by atoms with Gasteiger partial charge in [0.15, 0.2) is 5.82 Å². The molecule has 1 aromatic heterocycles. The molecule has 1 heterocycles. The summed E-state index contributed by atoms with van der Waals surface area (Å²) < 4.78 is 0. The van der Waals surface area contributed by atoms with Gasteiger partial charge in [0.1, 0.15) is 0 Å². The zero-order chi connectivity index (χ0) is 22.3. The molecule has 3 aromatic carbocycles. The monoisotopic (exact) mass is 427 g/mol. The summed E-state index contributed by atoms with van der Waals surface area (Å²) in [6.07, 6.45) is 1.04. The van der Waals surface area contributed by atoms with Crippen LogP contribution in [0.1, 0.15) is 12.0 Å². The van der Waals surface area contributed by atoms with Gasteiger partial charge >= 0.3 is 0 Å². The van der Waals surface area contributed by atoms with E-state index < -0.39 is 0 Å². The van der Waals surface area contributed by atoms with Crippen molar-refractivity contribution in [2.24, 2.45) is 0 Å². The highest BCUT2D eigenvalue weighted by Gasteiger charge is 2.07. The summed E-state index contributed by atoms with van der Waals surface area (Å²) in [5.74, 6) is 0.604. The number of anilines is 2. The number of carbonyl (C=O) groups excluding carboxylic acids is 1. The SMILES string of the molecule is Nc1cccc(-c2cccc(CC(=O)NCCCNc3n[nH]c(=O)c4ccccc34)c2)c1. The largest absolute Gasteiger partial charge is 0.399 e. The van der Waals surface area contributed by atoms with Crippen molar-refractivity contribution in [3.05, 3.63) is 88.7 Å². The average molecular weight is 428 g/mol. The van der Waals surface area contributed by atoms with Gasteiger partial charge in [0.05, 0.1) is 11.8 Å². The Balaban J connectivity index is 1.26. The Hall–Kier alpha value is -4.13. The Bertz CT molecular complexity index is 1300. The van der Waals surface area contributed by atoms with Crippen LogP contribution in [0.15, 0.2) is 77.6 Å². The van der Waals surface area contributed by atoms with Gasteiger partial charge < -0.3 is 16.4 Å². The van der Waals surface area contributed by atoms with Crippen LogP contribution in [0.3, 0.4) is 0 Å². The number of fused-ring (bicyclic) bond motifs is 1. The molecule has 5 N–H and O–H groups in total. The molecule has 162 valence electrons. The highest BCUT2D eigenvalue weighted by molar-refractivity contribution is 5.90. The van der Waals surface area contributed by atoms with Crippen molar-refractivity contribution < 1.29 is 4.79 Å². The number of benzene rings is 3. The Morgan fingerprint density at radius 3 is 2.47 bits per heavy atom. The van der Waals surface area contributed by atoms with Crippen LogP contribution in [-0.4, -0.2) is 29.2 Å². The maximum atomic E-state index is 12.4. The van der Waals surface area contributed by atoms with E-state index in [1.54, 1.807) is 6.07 Å². The first kappa shape index (κ1) is 21.1. The van der Waals surface area contributed by atoms with Crippen molar-refractivity contribution in [1.29, 1.82) is 0 Å². The predicted molar refractivity (Wildman–Crippen MR) is 128 cm³/mol. The van der Waals surface area contributed by atoms with Crippen LogP contribution in [0.5, 0.6) is 0 Å². The normalized spacial score (nSPS) is 10.8. The number of rotatable bonds is 8. The summed E-state index contributed by atoms with van der Waals surface area (Å²) in [6.45, 7) is 1.16. The van der Waals surface area contributed by atoms with Crippen molar-refractivity contribution in [2.75, 3.05) is 24.1 Å². The Morgan fingerprint density at radius 1 is 0.906 bits per heavy atom. The molecule has 0 bridgehead atoms. The maximum absolute atomic E-state index is 12.4. The molecule has 7 heteroatoms. The third kappa shape index (κ3) is 5.13. The van der Waals surface area contributed by atoms with E-state index in [-0.39, 0.29) is 11.5 Å². The van der Waals surface area contributed by atoms with E-state index in [1.165, 1.54) is 0 Å². The molecule has 0 radical (unpaired) electrons. The van der Waals surface area contributed by atoms with Crippen LogP contribution in [0, 0.1) is 0 Å². The van der Waals surface area contributed by atoms with Gasteiger partial charge in [-0.25, -0.2) is 5.10 Å². The number of H-pyrrole nitrogens is 1. The topological polar surface area (TPSA) is 113 Å². The van der Waals surface area contributed by atoms with Crippen molar-refractivity contribution in [3.63, 3.8) is 0 Å². The molecular weight excluding hydrogens is 402 g/mol. The average Bonchev–Trinajstić information content (AvgIpc) is 2.80. The summed E-state index contributed by atoms with van der Waals surface area (Å²) in [5.41, 5.74) is 9.39. The number of aromatic amines is 1. The first-order valence-electron chi connectivity index (χ1n) is 10.5. The molecule has 7 nitrogen and oxygen atoms in total. The fourth-order valence-electron chi connectivity index (χ4n) is 3.60. The third-order valence-electron chi connectivity index (χ3n) is 5.18. The number of nitrogens with two attached hydrogens (primary N) is 1. The Morgan fingerprint density at radius 2 is 1.66 bits per heavy atom. The fraction of sp³-hybridized carbons (Fsp3) is 0.160. The molecule has 0 spiro atoms. The second-order valence-corrected chi connectivity index (χ2v) is 7.58. The summed E-state index contributed by atoms with van der Waals surface area (Å²) in [5, 5.41) is 14.1. The van der Waals surface area contributed by atoms with Crippen LogP contribution in [0.4, 0.5) is 11.5 Å². The smallest absolute Gasteiger partial charge is 0.272 e. The highest BCUT2D eigenvalue weighted by atomic mass is 16.1. The van der Waals surface area contributed by atoms with Gasteiger partial charge in [-0.1, -0.05) is 54.6 Å². The number of aromatic nitrogens is 2. The van der Waals surface area contributed by atoms with Crippen molar-refractivity contribution in [3.8, 4) is 11.1 Å². The van der Waals surface area contributed by atoms with Gasteiger partial charge in [0.2, 0.25) is 5.91 Å². The summed E-state index contributed by atoms with van der Waals surface area (Å²) in [6, 6.07) is 22.9. The van der Waals surface area contributed by atoms with E-state index in [1.807, 2.05) is 66.7 Å². The summed E-state index contributed by atoms with van der Waals surface area (Å²) in [4.78, 5) is 24.2. The van der Waals surface area contributed by atoms with Gasteiger partial charge in [-0.05, 0) is 41.3 Å². The first-order valence-corrected chi connectivity index (χ1v) is 10.5. The first-order chi connectivity index (χ1) is 15.6. The number of hydrogen-bond donors (Lipinski definition) is 4. The highest BCUT2D eigenvalue weighted by Crippen LogP contribution is 2.22. The fourth-order valence-corrected chi connectivity index (χ4v) is 3.60. The number of nitrogen functional groups attached to an aromatic ring is 1. The van der Waals surface area contributed by atoms with Crippen LogP contribution >= 0.6 is 0 Å². The molecule has 1 amide bonds. The minimum atomic E-state index is -0.210. The number of amides is 1.